The van der Waals surface area contributed by atoms with Crippen LogP contribution in [0.2, 0.25) is 0 Å². The summed E-state index contributed by atoms with van der Waals surface area (Å²) in [6.07, 6.45) is 1.48. The maximum Gasteiger partial charge on any atom is 0.328 e. The Labute approximate surface area is 167 Å². The van der Waals surface area contributed by atoms with E-state index in [0.29, 0.717) is 29.8 Å². The van der Waals surface area contributed by atoms with Crippen LogP contribution in [-0.4, -0.2) is 38.4 Å². The van der Waals surface area contributed by atoms with E-state index in [4.69, 9.17) is 0 Å². The molecular formula is C20H21N5O3S. The molecule has 2 aromatic carbocycles. The van der Waals surface area contributed by atoms with Gasteiger partial charge in [-0.05, 0) is 43.2 Å². The minimum Gasteiger partial charge on any atom is -0.341 e. The summed E-state index contributed by atoms with van der Waals surface area (Å²) in [5.74, 6) is 0.667. The second-order valence-electron chi connectivity index (χ2n) is 7.46. The molecule has 1 aliphatic heterocycles. The topological polar surface area (TPSA) is 93.0 Å². The Morgan fingerprint density at radius 1 is 1.07 bits per heavy atom. The highest BCUT2D eigenvalue weighted by atomic mass is 32.2. The molecule has 0 aliphatic carbocycles. The minimum absolute atomic E-state index is 0.184. The van der Waals surface area contributed by atoms with Gasteiger partial charge in [0.1, 0.15) is 5.82 Å². The lowest BCUT2D eigenvalue weighted by molar-refractivity contribution is 0.386. The van der Waals surface area contributed by atoms with Crippen LogP contribution < -0.4 is 5.69 Å². The number of nitrogens with one attached hydrogen (secondary N) is 1. The molecule has 0 amide bonds. The number of aryl methyl sites for hydroxylation is 2. The van der Waals surface area contributed by atoms with E-state index in [-0.39, 0.29) is 16.6 Å². The molecule has 8 nitrogen and oxygen atoms in total. The number of hydrogen-bond donors (Lipinski definition) is 1. The molecule has 1 aliphatic rings. The summed E-state index contributed by atoms with van der Waals surface area (Å²) in [6.45, 7) is 0.440. The first kappa shape index (κ1) is 18.1. The van der Waals surface area contributed by atoms with Crippen molar-refractivity contribution in [1.29, 1.82) is 0 Å². The number of rotatable bonds is 3. The van der Waals surface area contributed by atoms with Gasteiger partial charge < -0.3 is 4.98 Å². The number of sulfonamides is 1. The van der Waals surface area contributed by atoms with E-state index in [0.717, 1.165) is 17.5 Å². The quantitative estimate of drug-likeness (QED) is 0.560. The van der Waals surface area contributed by atoms with E-state index < -0.39 is 10.0 Å². The molecule has 0 radical (unpaired) electrons. The van der Waals surface area contributed by atoms with Crippen LogP contribution >= 0.6 is 0 Å². The predicted molar refractivity (Wildman–Crippen MR) is 110 cm³/mol. The maximum atomic E-state index is 13.5. The fourth-order valence-electron chi connectivity index (χ4n) is 4.21. The first-order valence-corrected chi connectivity index (χ1v) is 10.9. The summed E-state index contributed by atoms with van der Waals surface area (Å²) in [5, 5.41) is 0. The average Bonchev–Trinajstić information content (AvgIpc) is 3.42. The third-order valence-electron chi connectivity index (χ3n) is 5.78. The molecule has 5 rings (SSSR count). The Balaban J connectivity index is 1.59. The summed E-state index contributed by atoms with van der Waals surface area (Å²) >= 11 is 0. The number of imidazole rings is 2. The normalized spacial score (nSPS) is 18.2. The van der Waals surface area contributed by atoms with Gasteiger partial charge in [0.25, 0.3) is 0 Å². The Hall–Kier alpha value is -2.91. The molecule has 0 bridgehead atoms. The zero-order valence-electron chi connectivity index (χ0n) is 16.2. The molecule has 4 aromatic rings. The van der Waals surface area contributed by atoms with Crippen molar-refractivity contribution in [1.82, 2.24) is 23.4 Å². The van der Waals surface area contributed by atoms with Crippen LogP contribution in [0.25, 0.3) is 22.1 Å². The minimum atomic E-state index is -3.74. The Morgan fingerprint density at radius 3 is 2.62 bits per heavy atom. The van der Waals surface area contributed by atoms with Crippen molar-refractivity contribution < 1.29 is 8.42 Å². The van der Waals surface area contributed by atoms with Gasteiger partial charge in [-0.3, -0.25) is 9.13 Å². The first-order valence-electron chi connectivity index (χ1n) is 9.50. The Morgan fingerprint density at radius 2 is 1.83 bits per heavy atom. The number of fused-ring (bicyclic) bond motifs is 2. The van der Waals surface area contributed by atoms with Crippen molar-refractivity contribution in [2.24, 2.45) is 14.1 Å². The van der Waals surface area contributed by atoms with Crippen molar-refractivity contribution in [3.05, 3.63) is 58.8 Å². The van der Waals surface area contributed by atoms with Gasteiger partial charge in [-0.25, -0.2) is 18.2 Å². The maximum absolute atomic E-state index is 13.5. The van der Waals surface area contributed by atoms with Crippen LogP contribution in [0.3, 0.4) is 0 Å². The third-order valence-corrected chi connectivity index (χ3v) is 7.68. The molecular weight excluding hydrogens is 390 g/mol. The van der Waals surface area contributed by atoms with Crippen molar-refractivity contribution in [3.63, 3.8) is 0 Å². The Kier molecular flexibility index (Phi) is 3.94. The summed E-state index contributed by atoms with van der Waals surface area (Å²) in [5.41, 5.74) is 2.83. The zero-order valence-corrected chi connectivity index (χ0v) is 17.0. The fraction of sp³-hybridized carbons (Fsp3) is 0.300. The predicted octanol–water partition coefficient (Wildman–Crippen LogP) is 2.28. The lowest BCUT2D eigenvalue weighted by atomic mass is 10.2. The number of H-pyrrole nitrogens is 1. The number of para-hydroxylation sites is 2. The summed E-state index contributed by atoms with van der Waals surface area (Å²) in [6, 6.07) is 12.2. The number of hydrogen-bond acceptors (Lipinski definition) is 4. The SMILES string of the molecule is Cn1c(=O)n(C)c2cc(S(=O)(=O)N3CCCC3c3nc4ccccc4[nH]3)ccc21. The highest BCUT2D eigenvalue weighted by Crippen LogP contribution is 2.36. The van der Waals surface area contributed by atoms with E-state index in [1.165, 1.54) is 13.4 Å². The zero-order chi connectivity index (χ0) is 20.3. The van der Waals surface area contributed by atoms with Crippen LogP contribution in [-0.2, 0) is 24.1 Å². The number of nitrogens with zero attached hydrogens (tertiary/aromatic N) is 4. The van der Waals surface area contributed by atoms with Crippen molar-refractivity contribution in [2.75, 3.05) is 6.54 Å². The number of aromatic nitrogens is 4. The van der Waals surface area contributed by atoms with Crippen LogP contribution in [0.15, 0.2) is 52.2 Å². The van der Waals surface area contributed by atoms with Crippen LogP contribution in [0.1, 0.15) is 24.7 Å². The second-order valence-corrected chi connectivity index (χ2v) is 9.35. The molecule has 1 atom stereocenters. The van der Waals surface area contributed by atoms with Crippen LogP contribution in [0.5, 0.6) is 0 Å². The monoisotopic (exact) mass is 411 g/mol. The molecule has 0 spiro atoms. The average molecular weight is 411 g/mol. The van der Waals surface area contributed by atoms with Crippen LogP contribution in [0, 0.1) is 0 Å². The molecule has 0 saturated carbocycles. The van der Waals surface area contributed by atoms with E-state index in [9.17, 15) is 13.2 Å². The standard InChI is InChI=1S/C20H21N5O3S/c1-23-16-10-9-13(12-18(16)24(2)20(23)26)29(27,28)25-11-5-8-17(25)19-21-14-6-3-4-7-15(14)22-19/h3-4,6-7,9-10,12,17H,5,8,11H2,1-2H3,(H,21,22). The lowest BCUT2D eigenvalue weighted by Crippen LogP contribution is -2.31. The molecule has 29 heavy (non-hydrogen) atoms. The third kappa shape index (κ3) is 2.65. The van der Waals surface area contributed by atoms with Gasteiger partial charge in [0.15, 0.2) is 0 Å². The van der Waals surface area contributed by atoms with Gasteiger partial charge in [0.05, 0.1) is 33.0 Å². The molecule has 3 heterocycles. The van der Waals surface area contributed by atoms with Crippen LogP contribution in [0.4, 0.5) is 0 Å². The van der Waals surface area contributed by atoms with Gasteiger partial charge >= 0.3 is 5.69 Å². The molecule has 1 N–H and O–H groups in total. The van der Waals surface area contributed by atoms with Crippen molar-refractivity contribution in [3.8, 4) is 0 Å². The number of aromatic amines is 1. The van der Waals surface area contributed by atoms with Gasteiger partial charge in [-0.1, -0.05) is 12.1 Å². The molecule has 150 valence electrons. The molecule has 1 fully saturated rings. The first-order chi connectivity index (χ1) is 13.9. The smallest absolute Gasteiger partial charge is 0.328 e. The van der Waals surface area contributed by atoms with Crippen molar-refractivity contribution >= 4 is 32.1 Å². The largest absolute Gasteiger partial charge is 0.341 e. The van der Waals surface area contributed by atoms with E-state index in [2.05, 4.69) is 9.97 Å². The Bertz CT molecular complexity index is 1380. The second kappa shape index (κ2) is 6.30. The highest BCUT2D eigenvalue weighted by molar-refractivity contribution is 7.89. The van der Waals surface area contributed by atoms with E-state index >= 15 is 0 Å². The van der Waals surface area contributed by atoms with Crippen molar-refractivity contribution in [2.45, 2.75) is 23.8 Å². The summed E-state index contributed by atoms with van der Waals surface area (Å²) in [4.78, 5) is 20.3. The fourth-order valence-corrected chi connectivity index (χ4v) is 5.89. The molecule has 1 unspecified atom stereocenters. The number of benzene rings is 2. The van der Waals surface area contributed by atoms with Gasteiger partial charge in [0.2, 0.25) is 10.0 Å². The molecule has 1 saturated heterocycles. The summed E-state index contributed by atoms with van der Waals surface area (Å²) in [7, 11) is -0.412. The van der Waals surface area contributed by atoms with E-state index in [1.54, 1.807) is 32.3 Å². The molecule has 2 aromatic heterocycles. The van der Waals surface area contributed by atoms with Gasteiger partial charge in [-0.2, -0.15) is 4.31 Å². The van der Waals surface area contributed by atoms with Gasteiger partial charge in [-0.15, -0.1) is 0 Å². The highest BCUT2D eigenvalue weighted by Gasteiger charge is 2.38. The molecule has 9 heteroatoms. The lowest BCUT2D eigenvalue weighted by Gasteiger charge is -2.22. The summed E-state index contributed by atoms with van der Waals surface area (Å²) < 4.78 is 31.4. The van der Waals surface area contributed by atoms with E-state index in [1.807, 2.05) is 24.3 Å². The van der Waals surface area contributed by atoms with Gasteiger partial charge in [0, 0.05) is 20.6 Å².